The van der Waals surface area contributed by atoms with Gasteiger partial charge in [0.2, 0.25) is 0 Å². The van der Waals surface area contributed by atoms with Gasteiger partial charge in [0.1, 0.15) is 11.9 Å². The van der Waals surface area contributed by atoms with Crippen molar-refractivity contribution in [1.29, 1.82) is 0 Å². The average molecular weight is 219 g/mol. The lowest BCUT2D eigenvalue weighted by atomic mass is 10.1. The molecule has 2 N–H and O–H groups in total. The van der Waals surface area contributed by atoms with Crippen LogP contribution in [0.3, 0.4) is 0 Å². The highest BCUT2D eigenvalue weighted by atomic mass is 16.5. The summed E-state index contributed by atoms with van der Waals surface area (Å²) in [4.78, 5) is 0. The van der Waals surface area contributed by atoms with E-state index in [1.165, 1.54) is 5.56 Å². The van der Waals surface area contributed by atoms with E-state index in [-0.39, 0.29) is 18.2 Å². The van der Waals surface area contributed by atoms with E-state index in [1.807, 2.05) is 18.2 Å². The molecule has 0 saturated heterocycles. The second kappa shape index (κ2) is 3.75. The Morgan fingerprint density at radius 2 is 2.19 bits per heavy atom. The zero-order valence-electron chi connectivity index (χ0n) is 9.28. The highest BCUT2D eigenvalue weighted by molar-refractivity contribution is 5.37. The summed E-state index contributed by atoms with van der Waals surface area (Å²) in [5, 5.41) is 12.6. The summed E-state index contributed by atoms with van der Waals surface area (Å²) in [7, 11) is 0. The first-order chi connectivity index (χ1) is 7.81. The SMILES string of the molecule is OCC1(NCC2Cc3ccccc3O2)CC1. The minimum absolute atomic E-state index is 0.0120. The van der Waals surface area contributed by atoms with Gasteiger partial charge < -0.3 is 15.2 Å². The van der Waals surface area contributed by atoms with Gasteiger partial charge in [-0.25, -0.2) is 0 Å². The topological polar surface area (TPSA) is 41.5 Å². The monoisotopic (exact) mass is 219 g/mol. The molecule has 1 saturated carbocycles. The van der Waals surface area contributed by atoms with Crippen molar-refractivity contribution in [3.63, 3.8) is 0 Å². The number of hydrogen-bond acceptors (Lipinski definition) is 3. The molecule has 0 spiro atoms. The lowest BCUT2D eigenvalue weighted by molar-refractivity contribution is 0.189. The predicted molar refractivity (Wildman–Crippen MR) is 61.6 cm³/mol. The Hall–Kier alpha value is -1.06. The molecule has 0 bridgehead atoms. The van der Waals surface area contributed by atoms with Crippen molar-refractivity contribution in [2.24, 2.45) is 0 Å². The standard InChI is InChI=1S/C13H17NO2/c15-9-13(5-6-13)14-8-11-7-10-3-1-2-4-12(10)16-11/h1-4,11,14-15H,5-9H2. The summed E-state index contributed by atoms with van der Waals surface area (Å²) >= 11 is 0. The van der Waals surface area contributed by atoms with Gasteiger partial charge in [0.05, 0.1) is 6.61 Å². The molecule has 86 valence electrons. The van der Waals surface area contributed by atoms with E-state index in [4.69, 9.17) is 4.74 Å². The van der Waals surface area contributed by atoms with E-state index in [0.717, 1.165) is 31.6 Å². The molecule has 1 aromatic carbocycles. The molecule has 1 aromatic rings. The van der Waals surface area contributed by atoms with Crippen LogP contribution in [0.25, 0.3) is 0 Å². The molecule has 1 unspecified atom stereocenters. The van der Waals surface area contributed by atoms with Crippen molar-refractivity contribution in [3.05, 3.63) is 29.8 Å². The number of fused-ring (bicyclic) bond motifs is 1. The Morgan fingerprint density at radius 3 is 2.88 bits per heavy atom. The van der Waals surface area contributed by atoms with Crippen molar-refractivity contribution in [2.45, 2.75) is 30.9 Å². The van der Waals surface area contributed by atoms with E-state index in [0.29, 0.717) is 0 Å². The number of aliphatic hydroxyl groups excluding tert-OH is 1. The number of hydrogen-bond donors (Lipinski definition) is 2. The summed E-state index contributed by atoms with van der Waals surface area (Å²) in [6, 6.07) is 8.20. The van der Waals surface area contributed by atoms with E-state index >= 15 is 0 Å². The molecule has 1 heterocycles. The van der Waals surface area contributed by atoms with Gasteiger partial charge in [-0.1, -0.05) is 18.2 Å². The third-order valence-electron chi connectivity index (χ3n) is 3.57. The van der Waals surface area contributed by atoms with Gasteiger partial charge in [0.25, 0.3) is 0 Å². The second-order valence-electron chi connectivity index (χ2n) is 4.87. The Labute approximate surface area is 95.4 Å². The van der Waals surface area contributed by atoms with Crippen LogP contribution < -0.4 is 10.1 Å². The molecule has 1 aliphatic carbocycles. The molecule has 0 aromatic heterocycles. The number of ether oxygens (including phenoxy) is 1. The number of para-hydroxylation sites is 1. The Balaban J connectivity index is 1.56. The second-order valence-corrected chi connectivity index (χ2v) is 4.87. The predicted octanol–water partition coefficient (Wildman–Crippen LogP) is 1.10. The Kier molecular flexibility index (Phi) is 2.37. The van der Waals surface area contributed by atoms with E-state index in [9.17, 15) is 5.11 Å². The molecule has 3 rings (SSSR count). The summed E-state index contributed by atoms with van der Waals surface area (Å²) < 4.78 is 5.83. The molecular weight excluding hydrogens is 202 g/mol. The highest BCUT2D eigenvalue weighted by Gasteiger charge is 2.42. The van der Waals surface area contributed by atoms with E-state index < -0.39 is 0 Å². The Morgan fingerprint density at radius 1 is 1.38 bits per heavy atom. The summed E-state index contributed by atoms with van der Waals surface area (Å²) in [6.45, 7) is 1.07. The normalized spacial score (nSPS) is 24.9. The first-order valence-corrected chi connectivity index (χ1v) is 5.92. The molecular formula is C13H17NO2. The summed E-state index contributed by atoms with van der Waals surface area (Å²) in [5.74, 6) is 1.02. The van der Waals surface area contributed by atoms with Crippen LogP contribution >= 0.6 is 0 Å². The van der Waals surface area contributed by atoms with E-state index in [1.54, 1.807) is 0 Å². The zero-order chi connectivity index (χ0) is 11.0. The lowest BCUT2D eigenvalue weighted by Gasteiger charge is -2.17. The molecule has 1 fully saturated rings. The Bertz CT molecular complexity index is 362. The van der Waals surface area contributed by atoms with Gasteiger partial charge in [-0.05, 0) is 24.5 Å². The zero-order valence-corrected chi connectivity index (χ0v) is 9.28. The van der Waals surface area contributed by atoms with Gasteiger partial charge in [0, 0.05) is 18.5 Å². The first-order valence-electron chi connectivity index (χ1n) is 5.92. The van der Waals surface area contributed by atoms with E-state index in [2.05, 4.69) is 11.4 Å². The fourth-order valence-corrected chi connectivity index (χ4v) is 2.24. The van der Waals surface area contributed by atoms with Gasteiger partial charge in [-0.2, -0.15) is 0 Å². The van der Waals surface area contributed by atoms with Gasteiger partial charge in [0.15, 0.2) is 0 Å². The quantitative estimate of drug-likeness (QED) is 0.797. The maximum Gasteiger partial charge on any atom is 0.123 e. The van der Waals surface area contributed by atoms with Crippen LogP contribution in [0.4, 0.5) is 0 Å². The third kappa shape index (κ3) is 1.81. The molecule has 3 heteroatoms. The summed E-state index contributed by atoms with van der Waals surface area (Å²) in [6.07, 6.45) is 3.37. The summed E-state index contributed by atoms with van der Waals surface area (Å²) in [5.41, 5.74) is 1.31. The molecule has 2 aliphatic rings. The van der Waals surface area contributed by atoms with Crippen molar-refractivity contribution >= 4 is 0 Å². The first kappa shape index (κ1) is 10.1. The van der Waals surface area contributed by atoms with Crippen molar-refractivity contribution in [3.8, 4) is 5.75 Å². The minimum Gasteiger partial charge on any atom is -0.488 e. The average Bonchev–Trinajstić information content (AvgIpc) is 2.98. The van der Waals surface area contributed by atoms with Crippen LogP contribution in [-0.4, -0.2) is 29.9 Å². The van der Waals surface area contributed by atoms with Crippen LogP contribution in [-0.2, 0) is 6.42 Å². The fourth-order valence-electron chi connectivity index (χ4n) is 2.24. The largest absolute Gasteiger partial charge is 0.488 e. The molecule has 0 radical (unpaired) electrons. The molecule has 1 aliphatic heterocycles. The highest BCUT2D eigenvalue weighted by Crippen LogP contribution is 2.35. The number of nitrogens with one attached hydrogen (secondary N) is 1. The maximum atomic E-state index is 9.20. The lowest BCUT2D eigenvalue weighted by Crippen LogP contribution is -2.41. The van der Waals surface area contributed by atoms with Crippen LogP contribution in [0, 0.1) is 0 Å². The van der Waals surface area contributed by atoms with Gasteiger partial charge in [-0.15, -0.1) is 0 Å². The minimum atomic E-state index is 0.0120. The van der Waals surface area contributed by atoms with Crippen molar-refractivity contribution < 1.29 is 9.84 Å². The van der Waals surface area contributed by atoms with Crippen LogP contribution in [0.2, 0.25) is 0 Å². The van der Waals surface area contributed by atoms with Crippen LogP contribution in [0.5, 0.6) is 5.75 Å². The smallest absolute Gasteiger partial charge is 0.123 e. The number of rotatable bonds is 4. The maximum absolute atomic E-state index is 9.20. The molecule has 3 nitrogen and oxygen atoms in total. The van der Waals surface area contributed by atoms with Crippen molar-refractivity contribution in [2.75, 3.05) is 13.2 Å². The molecule has 16 heavy (non-hydrogen) atoms. The number of benzene rings is 1. The van der Waals surface area contributed by atoms with Crippen LogP contribution in [0.1, 0.15) is 18.4 Å². The number of aliphatic hydroxyl groups is 1. The molecule has 0 amide bonds. The van der Waals surface area contributed by atoms with Gasteiger partial charge in [-0.3, -0.25) is 0 Å². The van der Waals surface area contributed by atoms with Crippen molar-refractivity contribution in [1.82, 2.24) is 5.32 Å². The molecule has 1 atom stereocenters. The van der Waals surface area contributed by atoms with Gasteiger partial charge >= 0.3 is 0 Å². The third-order valence-corrected chi connectivity index (χ3v) is 3.57. The van der Waals surface area contributed by atoms with Crippen LogP contribution in [0.15, 0.2) is 24.3 Å². The fraction of sp³-hybridized carbons (Fsp3) is 0.538.